The summed E-state index contributed by atoms with van der Waals surface area (Å²) in [5, 5.41) is 11.6. The molecular weight excluding hydrogens is 391 g/mol. The minimum atomic E-state index is -1.49. The predicted molar refractivity (Wildman–Crippen MR) is 97.6 cm³/mol. The number of Topliss-reactive ketones (excluding diaryl/α,β-unsaturated/α-hetero) is 1. The average Bonchev–Trinajstić information content (AvgIpc) is 3.10. The zero-order valence-electron chi connectivity index (χ0n) is 14.4. The second-order valence-electron chi connectivity index (χ2n) is 6.13. The van der Waals surface area contributed by atoms with Gasteiger partial charge in [0.15, 0.2) is 0 Å². The summed E-state index contributed by atoms with van der Waals surface area (Å²) in [6.45, 7) is 0. The molecule has 0 aliphatic heterocycles. The van der Waals surface area contributed by atoms with Crippen LogP contribution in [0.5, 0.6) is 0 Å². The molecule has 0 spiro atoms. The highest BCUT2D eigenvalue weighted by atomic mass is 32.1. The van der Waals surface area contributed by atoms with E-state index >= 15 is 0 Å². The highest BCUT2D eigenvalue weighted by Crippen LogP contribution is 2.27. The Bertz CT molecular complexity index is 1020. The minimum absolute atomic E-state index is 0.140. The van der Waals surface area contributed by atoms with Gasteiger partial charge in [0, 0.05) is 29.3 Å². The van der Waals surface area contributed by atoms with Crippen molar-refractivity contribution < 1.29 is 27.9 Å². The van der Waals surface area contributed by atoms with Gasteiger partial charge in [0.05, 0.1) is 11.6 Å². The maximum absolute atomic E-state index is 13.9. The van der Waals surface area contributed by atoms with E-state index in [4.69, 9.17) is 0 Å². The van der Waals surface area contributed by atoms with Crippen LogP contribution in [-0.2, 0) is 16.0 Å². The topological polar surface area (TPSA) is 67.3 Å². The number of carbonyl (C=O) groups is 2. The zero-order chi connectivity index (χ0) is 20.3. The molecule has 1 atom stereocenters. The third kappa shape index (κ3) is 4.64. The van der Waals surface area contributed by atoms with Crippen LogP contribution in [0.25, 0.3) is 10.6 Å². The van der Waals surface area contributed by atoms with Crippen molar-refractivity contribution in [2.45, 2.75) is 18.8 Å². The van der Waals surface area contributed by atoms with Crippen LogP contribution in [0.2, 0.25) is 0 Å². The number of hydrogen-bond acceptors (Lipinski definition) is 4. The molecule has 0 aliphatic rings. The van der Waals surface area contributed by atoms with Crippen molar-refractivity contribution in [2.75, 3.05) is 0 Å². The molecule has 1 aromatic heterocycles. The number of carboxylic acids is 1. The molecule has 1 unspecified atom stereocenters. The van der Waals surface area contributed by atoms with Gasteiger partial charge in [0.1, 0.15) is 28.2 Å². The van der Waals surface area contributed by atoms with Crippen molar-refractivity contribution >= 4 is 23.1 Å². The lowest BCUT2D eigenvalue weighted by Gasteiger charge is -2.13. The fraction of sp³-hybridized carbons (Fsp3) is 0.150. The first kappa shape index (κ1) is 19.8. The number of rotatable bonds is 7. The Morgan fingerprint density at radius 1 is 1.04 bits per heavy atom. The van der Waals surface area contributed by atoms with Gasteiger partial charge >= 0.3 is 5.97 Å². The van der Waals surface area contributed by atoms with E-state index in [-0.39, 0.29) is 17.8 Å². The van der Waals surface area contributed by atoms with E-state index in [1.165, 1.54) is 23.5 Å². The van der Waals surface area contributed by atoms with E-state index in [1.54, 1.807) is 17.5 Å². The van der Waals surface area contributed by atoms with Crippen molar-refractivity contribution in [2.24, 2.45) is 0 Å². The van der Waals surface area contributed by atoms with Crippen LogP contribution >= 0.6 is 11.3 Å². The van der Waals surface area contributed by atoms with Gasteiger partial charge in [-0.15, -0.1) is 11.3 Å². The highest BCUT2D eigenvalue weighted by molar-refractivity contribution is 7.13. The van der Waals surface area contributed by atoms with Gasteiger partial charge in [-0.3, -0.25) is 9.59 Å². The SMILES string of the molecule is O=C(Cc1csc(-c2ccc(F)cc2)n1)CC(C(=O)O)c1cc(F)ccc1F. The van der Waals surface area contributed by atoms with Gasteiger partial charge in [-0.25, -0.2) is 18.2 Å². The molecule has 1 N–H and O–H groups in total. The summed E-state index contributed by atoms with van der Waals surface area (Å²) >= 11 is 1.26. The molecule has 0 aliphatic carbocycles. The maximum Gasteiger partial charge on any atom is 0.311 e. The fourth-order valence-electron chi connectivity index (χ4n) is 2.73. The second kappa shape index (κ2) is 8.35. The Morgan fingerprint density at radius 2 is 1.71 bits per heavy atom. The normalized spacial score (nSPS) is 12.0. The fourth-order valence-corrected chi connectivity index (χ4v) is 3.55. The first-order valence-corrected chi connectivity index (χ1v) is 9.11. The summed E-state index contributed by atoms with van der Waals surface area (Å²) in [4.78, 5) is 28.1. The van der Waals surface area contributed by atoms with Crippen molar-refractivity contribution in [3.63, 3.8) is 0 Å². The van der Waals surface area contributed by atoms with E-state index in [9.17, 15) is 27.9 Å². The highest BCUT2D eigenvalue weighted by Gasteiger charge is 2.27. The predicted octanol–water partition coefficient (Wildman–Crippen LogP) is 4.60. The molecule has 3 aromatic rings. The van der Waals surface area contributed by atoms with E-state index < -0.39 is 35.7 Å². The van der Waals surface area contributed by atoms with Crippen molar-refractivity contribution in [1.29, 1.82) is 0 Å². The largest absolute Gasteiger partial charge is 0.481 e. The molecule has 0 saturated heterocycles. The van der Waals surface area contributed by atoms with Crippen molar-refractivity contribution in [3.05, 3.63) is 76.6 Å². The quantitative estimate of drug-likeness (QED) is 0.624. The molecule has 0 radical (unpaired) electrons. The lowest BCUT2D eigenvalue weighted by molar-refractivity contribution is -0.140. The summed E-state index contributed by atoms with van der Waals surface area (Å²) in [5.74, 6) is -5.40. The number of hydrogen-bond donors (Lipinski definition) is 1. The van der Waals surface area contributed by atoms with E-state index in [1.807, 2.05) is 0 Å². The van der Waals surface area contributed by atoms with E-state index in [0.29, 0.717) is 16.3 Å². The Balaban J connectivity index is 1.73. The van der Waals surface area contributed by atoms with Crippen LogP contribution in [0.3, 0.4) is 0 Å². The molecular formula is C20H14F3NO3S. The summed E-state index contributed by atoms with van der Waals surface area (Å²) in [7, 11) is 0. The van der Waals surface area contributed by atoms with Crippen LogP contribution in [0.4, 0.5) is 13.2 Å². The third-order valence-corrected chi connectivity index (χ3v) is 5.02. The van der Waals surface area contributed by atoms with Gasteiger partial charge in [-0.2, -0.15) is 0 Å². The molecule has 0 saturated carbocycles. The number of carbonyl (C=O) groups excluding carboxylic acids is 1. The maximum atomic E-state index is 13.9. The number of aromatic nitrogens is 1. The summed E-state index contributed by atoms with van der Waals surface area (Å²) in [6, 6.07) is 8.22. The molecule has 4 nitrogen and oxygen atoms in total. The van der Waals surface area contributed by atoms with Crippen LogP contribution in [0.15, 0.2) is 47.8 Å². The smallest absolute Gasteiger partial charge is 0.311 e. The number of aliphatic carboxylic acids is 1. The van der Waals surface area contributed by atoms with Gasteiger partial charge in [-0.05, 0) is 42.5 Å². The molecule has 1 heterocycles. The van der Waals surface area contributed by atoms with Gasteiger partial charge in [-0.1, -0.05) is 0 Å². The molecule has 28 heavy (non-hydrogen) atoms. The van der Waals surface area contributed by atoms with Crippen molar-refractivity contribution in [1.82, 2.24) is 4.98 Å². The first-order valence-electron chi connectivity index (χ1n) is 8.23. The Hall–Kier alpha value is -3.00. The lowest BCUT2D eigenvalue weighted by Crippen LogP contribution is -2.19. The summed E-state index contributed by atoms with van der Waals surface area (Å²) in [6.07, 6.45) is -0.627. The number of ketones is 1. The number of nitrogens with zero attached hydrogens (tertiary/aromatic N) is 1. The van der Waals surface area contributed by atoms with Crippen LogP contribution in [0, 0.1) is 17.5 Å². The zero-order valence-corrected chi connectivity index (χ0v) is 15.2. The van der Waals surface area contributed by atoms with Gasteiger partial charge in [0.25, 0.3) is 0 Å². The van der Waals surface area contributed by atoms with Crippen LogP contribution in [0.1, 0.15) is 23.6 Å². The van der Waals surface area contributed by atoms with E-state index in [2.05, 4.69) is 4.98 Å². The summed E-state index contributed by atoms with van der Waals surface area (Å²) < 4.78 is 40.3. The molecule has 0 amide bonds. The Morgan fingerprint density at radius 3 is 2.39 bits per heavy atom. The Kier molecular flexibility index (Phi) is 5.89. The van der Waals surface area contributed by atoms with Gasteiger partial charge in [0.2, 0.25) is 0 Å². The number of carboxylic acid groups (broad SMARTS) is 1. The molecule has 8 heteroatoms. The molecule has 0 bridgehead atoms. The molecule has 3 rings (SSSR count). The number of benzene rings is 2. The van der Waals surface area contributed by atoms with Gasteiger partial charge < -0.3 is 5.11 Å². The monoisotopic (exact) mass is 405 g/mol. The summed E-state index contributed by atoms with van der Waals surface area (Å²) in [5.41, 5.74) is 0.750. The van der Waals surface area contributed by atoms with Crippen molar-refractivity contribution in [3.8, 4) is 10.6 Å². The number of halogens is 3. The average molecular weight is 405 g/mol. The minimum Gasteiger partial charge on any atom is -0.481 e. The molecule has 2 aromatic carbocycles. The molecule has 0 fully saturated rings. The number of thiazole rings is 1. The third-order valence-electron chi connectivity index (χ3n) is 4.08. The van der Waals surface area contributed by atoms with Crippen LogP contribution < -0.4 is 0 Å². The van der Waals surface area contributed by atoms with E-state index in [0.717, 1.165) is 18.2 Å². The molecule has 144 valence electrons. The standard InChI is InChI=1S/C20H14F3NO3S/c21-12-3-1-11(2-4-12)19-24-14(10-28-19)8-15(25)9-17(20(26)27)16-7-13(22)5-6-18(16)23/h1-7,10,17H,8-9H2,(H,26,27). The first-order chi connectivity index (χ1) is 13.3. The second-order valence-corrected chi connectivity index (χ2v) is 6.99. The lowest BCUT2D eigenvalue weighted by atomic mass is 9.92. The Labute approximate surface area is 162 Å². The van der Waals surface area contributed by atoms with Crippen LogP contribution in [-0.4, -0.2) is 21.8 Å².